The van der Waals surface area contributed by atoms with Crippen molar-refractivity contribution in [2.24, 2.45) is 4.99 Å². The largest absolute Gasteiger partial charge is 0.507 e. The van der Waals surface area contributed by atoms with Crippen LogP contribution in [-0.4, -0.2) is 55.8 Å². The normalized spacial score (nSPS) is 14.6. The second kappa shape index (κ2) is 7.88. The number of phenols is 1. The average Bonchev–Trinajstić information content (AvgIpc) is 2.67. The number of aromatic carboxylic acids is 1. The van der Waals surface area contributed by atoms with Gasteiger partial charge in [-0.3, -0.25) is 4.99 Å². The lowest BCUT2D eigenvalue weighted by Gasteiger charge is -2.29. The summed E-state index contributed by atoms with van der Waals surface area (Å²) in [5, 5.41) is 18.6. The highest BCUT2D eigenvalue weighted by molar-refractivity contribution is 5.92. The van der Waals surface area contributed by atoms with Crippen LogP contribution in [-0.2, 0) is 4.74 Å². The van der Waals surface area contributed by atoms with Crippen molar-refractivity contribution in [3.63, 3.8) is 0 Å². The first-order chi connectivity index (χ1) is 12.6. The molecule has 7 heteroatoms. The zero-order chi connectivity index (χ0) is 18.5. The summed E-state index contributed by atoms with van der Waals surface area (Å²) >= 11 is 0. The average molecular weight is 356 g/mol. The lowest BCUT2D eigenvalue weighted by molar-refractivity contribution is 0.0693. The number of carboxylic acids is 1. The fourth-order valence-corrected chi connectivity index (χ4v) is 2.74. The Labute approximate surface area is 151 Å². The van der Waals surface area contributed by atoms with E-state index >= 15 is 0 Å². The molecule has 3 rings (SSSR count). The van der Waals surface area contributed by atoms with Gasteiger partial charge in [0.05, 0.1) is 26.0 Å². The molecule has 2 N–H and O–H groups in total. The molecule has 26 heavy (non-hydrogen) atoms. The molecule has 0 saturated carbocycles. The van der Waals surface area contributed by atoms with Gasteiger partial charge in [-0.25, -0.2) is 4.79 Å². The minimum Gasteiger partial charge on any atom is -0.507 e. The van der Waals surface area contributed by atoms with Gasteiger partial charge in [-0.15, -0.1) is 0 Å². The van der Waals surface area contributed by atoms with Crippen LogP contribution in [0.1, 0.15) is 15.9 Å². The molecule has 0 bridgehead atoms. The van der Waals surface area contributed by atoms with Crippen molar-refractivity contribution >= 4 is 23.6 Å². The predicted molar refractivity (Wildman–Crippen MR) is 98.3 cm³/mol. The van der Waals surface area contributed by atoms with Crippen molar-refractivity contribution in [3.8, 4) is 11.5 Å². The quantitative estimate of drug-likeness (QED) is 0.801. The van der Waals surface area contributed by atoms with Gasteiger partial charge >= 0.3 is 5.97 Å². The first kappa shape index (κ1) is 17.8. The van der Waals surface area contributed by atoms with Crippen LogP contribution in [0, 0.1) is 0 Å². The number of carboxylic acid groups (broad SMARTS) is 1. The zero-order valence-corrected chi connectivity index (χ0v) is 14.4. The van der Waals surface area contributed by atoms with E-state index in [1.54, 1.807) is 19.4 Å². The Morgan fingerprint density at radius 1 is 1.23 bits per heavy atom. The van der Waals surface area contributed by atoms with E-state index in [9.17, 15) is 9.90 Å². The molecule has 0 aliphatic carbocycles. The van der Waals surface area contributed by atoms with Gasteiger partial charge in [-0.05, 0) is 30.3 Å². The standard InChI is InChI=1S/C19H20N2O5/c1-25-18-11-15(21-6-8-26-9-7-21)4-2-13(18)12-20-14-3-5-17(22)16(10-14)19(23)24/h2-5,10-12,22H,6-9H2,1H3,(H,23,24). The molecule has 0 unspecified atom stereocenters. The molecular formula is C19H20N2O5. The highest BCUT2D eigenvalue weighted by Gasteiger charge is 2.13. The maximum atomic E-state index is 11.1. The molecule has 7 nitrogen and oxygen atoms in total. The molecule has 0 atom stereocenters. The Balaban J connectivity index is 1.84. The Morgan fingerprint density at radius 3 is 2.69 bits per heavy atom. The number of aromatic hydroxyl groups is 1. The summed E-state index contributed by atoms with van der Waals surface area (Å²) in [5.74, 6) is -0.814. The van der Waals surface area contributed by atoms with Gasteiger partial charge in [0.15, 0.2) is 0 Å². The highest BCUT2D eigenvalue weighted by atomic mass is 16.5. The van der Waals surface area contributed by atoms with Crippen LogP contribution in [0.25, 0.3) is 0 Å². The molecule has 1 aliphatic heterocycles. The van der Waals surface area contributed by atoms with Gasteiger partial charge in [0.1, 0.15) is 17.1 Å². The number of morpholine rings is 1. The van der Waals surface area contributed by atoms with Crippen molar-refractivity contribution in [2.75, 3.05) is 38.3 Å². The topological polar surface area (TPSA) is 91.6 Å². The first-order valence-electron chi connectivity index (χ1n) is 8.19. The summed E-state index contributed by atoms with van der Waals surface area (Å²) in [5.41, 5.74) is 2.07. The molecular weight excluding hydrogens is 336 g/mol. The molecule has 0 radical (unpaired) electrons. The van der Waals surface area contributed by atoms with E-state index < -0.39 is 5.97 Å². The molecule has 136 valence electrons. The number of hydrogen-bond acceptors (Lipinski definition) is 6. The molecule has 0 spiro atoms. The Bertz CT molecular complexity index is 829. The minimum absolute atomic E-state index is 0.186. The van der Waals surface area contributed by atoms with Crippen molar-refractivity contribution in [1.29, 1.82) is 0 Å². The van der Waals surface area contributed by atoms with Crippen LogP contribution >= 0.6 is 0 Å². The maximum absolute atomic E-state index is 11.1. The van der Waals surface area contributed by atoms with Crippen LogP contribution in [0.15, 0.2) is 41.4 Å². The number of methoxy groups -OCH3 is 1. The van der Waals surface area contributed by atoms with Crippen LogP contribution in [0.3, 0.4) is 0 Å². The van der Waals surface area contributed by atoms with Gasteiger partial charge in [0.25, 0.3) is 0 Å². The summed E-state index contributed by atoms with van der Waals surface area (Å²) < 4.78 is 10.8. The molecule has 1 saturated heterocycles. The SMILES string of the molecule is COc1cc(N2CCOCC2)ccc1C=Nc1ccc(O)c(C(=O)O)c1. The van der Waals surface area contributed by atoms with Crippen molar-refractivity contribution in [2.45, 2.75) is 0 Å². The van der Waals surface area contributed by atoms with Gasteiger partial charge < -0.3 is 24.6 Å². The smallest absolute Gasteiger partial charge is 0.339 e. The first-order valence-corrected chi connectivity index (χ1v) is 8.19. The number of hydrogen-bond donors (Lipinski definition) is 2. The summed E-state index contributed by atoms with van der Waals surface area (Å²) in [7, 11) is 1.60. The van der Waals surface area contributed by atoms with Crippen LogP contribution in [0.4, 0.5) is 11.4 Å². The van der Waals surface area contributed by atoms with Gasteiger partial charge in [-0.2, -0.15) is 0 Å². The van der Waals surface area contributed by atoms with Gasteiger partial charge in [0, 0.05) is 36.6 Å². The molecule has 0 amide bonds. The summed E-state index contributed by atoms with van der Waals surface area (Å²) in [6.07, 6.45) is 1.61. The van der Waals surface area contributed by atoms with E-state index in [0.717, 1.165) is 24.3 Å². The van der Waals surface area contributed by atoms with E-state index in [1.165, 1.54) is 12.1 Å². The third-order valence-corrected chi connectivity index (χ3v) is 4.16. The number of anilines is 1. The summed E-state index contributed by atoms with van der Waals surface area (Å²) in [4.78, 5) is 17.6. The predicted octanol–water partition coefficient (Wildman–Crippen LogP) is 2.69. The van der Waals surface area contributed by atoms with Crippen molar-refractivity contribution < 1.29 is 24.5 Å². The lowest BCUT2D eigenvalue weighted by Crippen LogP contribution is -2.36. The van der Waals surface area contributed by atoms with E-state index in [2.05, 4.69) is 9.89 Å². The van der Waals surface area contributed by atoms with Crippen LogP contribution in [0.5, 0.6) is 11.5 Å². The molecule has 0 aromatic heterocycles. The zero-order valence-electron chi connectivity index (χ0n) is 14.4. The Kier molecular flexibility index (Phi) is 5.38. The van der Waals surface area contributed by atoms with Crippen LogP contribution < -0.4 is 9.64 Å². The van der Waals surface area contributed by atoms with Crippen molar-refractivity contribution in [1.82, 2.24) is 0 Å². The Morgan fingerprint density at radius 2 is 2.00 bits per heavy atom. The third-order valence-electron chi connectivity index (χ3n) is 4.16. The fraction of sp³-hybridized carbons (Fsp3) is 0.263. The van der Waals surface area contributed by atoms with E-state index in [-0.39, 0.29) is 11.3 Å². The van der Waals surface area contributed by atoms with E-state index in [4.69, 9.17) is 14.6 Å². The number of nitrogens with zero attached hydrogens (tertiary/aromatic N) is 2. The molecule has 1 fully saturated rings. The number of benzene rings is 2. The van der Waals surface area contributed by atoms with Gasteiger partial charge in [0.2, 0.25) is 0 Å². The van der Waals surface area contributed by atoms with Gasteiger partial charge in [-0.1, -0.05) is 0 Å². The summed E-state index contributed by atoms with van der Waals surface area (Å²) in [6, 6.07) is 10.0. The van der Waals surface area contributed by atoms with Crippen LogP contribution in [0.2, 0.25) is 0 Å². The van der Waals surface area contributed by atoms with E-state index in [0.29, 0.717) is 24.7 Å². The number of aliphatic imine (C=N–C) groups is 1. The second-order valence-electron chi connectivity index (χ2n) is 5.79. The molecule has 1 aliphatic rings. The number of carbonyl (C=O) groups is 1. The molecule has 2 aromatic carbocycles. The number of ether oxygens (including phenoxy) is 2. The van der Waals surface area contributed by atoms with Crippen molar-refractivity contribution in [3.05, 3.63) is 47.5 Å². The number of rotatable bonds is 5. The monoisotopic (exact) mass is 356 g/mol. The summed E-state index contributed by atoms with van der Waals surface area (Å²) in [6.45, 7) is 3.08. The highest BCUT2D eigenvalue weighted by Crippen LogP contribution is 2.27. The fourth-order valence-electron chi connectivity index (χ4n) is 2.74. The van der Waals surface area contributed by atoms with E-state index in [1.807, 2.05) is 18.2 Å². The minimum atomic E-state index is -1.20. The molecule has 1 heterocycles. The molecule has 2 aromatic rings. The third kappa shape index (κ3) is 3.94. The lowest BCUT2D eigenvalue weighted by atomic mass is 10.1. The Hall–Kier alpha value is -3.06. The second-order valence-corrected chi connectivity index (χ2v) is 5.79. The maximum Gasteiger partial charge on any atom is 0.339 e.